The van der Waals surface area contributed by atoms with E-state index >= 15 is 0 Å². The number of hydrogen-bond donors (Lipinski definition) is 0. The van der Waals surface area contributed by atoms with Crippen molar-refractivity contribution in [3.63, 3.8) is 0 Å². The highest BCUT2D eigenvalue weighted by atomic mass is 31.1. The average Bonchev–Trinajstić information content (AvgIpc) is 3.31. The van der Waals surface area contributed by atoms with Crippen molar-refractivity contribution >= 4 is 47.7 Å². The van der Waals surface area contributed by atoms with Crippen LogP contribution in [0.2, 0.25) is 0 Å². The lowest BCUT2D eigenvalue weighted by molar-refractivity contribution is 0.0465. The summed E-state index contributed by atoms with van der Waals surface area (Å²) in [6.45, 7) is 14.3. The summed E-state index contributed by atoms with van der Waals surface area (Å²) in [5.41, 5.74) is 2.02. The zero-order valence-electron chi connectivity index (χ0n) is 39.2. The molecule has 6 aromatic rings. The molecule has 0 bridgehead atoms. The van der Waals surface area contributed by atoms with Crippen LogP contribution in [0.25, 0.3) is 11.1 Å². The Morgan fingerprint density at radius 3 is 0.984 bits per heavy atom. The summed E-state index contributed by atoms with van der Waals surface area (Å²) in [6.07, 6.45) is 7.02. The first-order valence-electron chi connectivity index (χ1n) is 23.7. The van der Waals surface area contributed by atoms with Crippen molar-refractivity contribution in [3.8, 4) is 34.1 Å². The first-order valence-corrected chi connectivity index (χ1v) is 26.4. The van der Waals surface area contributed by atoms with E-state index in [2.05, 4.69) is 187 Å². The third-order valence-electron chi connectivity index (χ3n) is 13.9. The van der Waals surface area contributed by atoms with Crippen LogP contribution in [-0.4, -0.2) is 26.4 Å². The number of benzene rings is 6. The van der Waals surface area contributed by atoms with E-state index in [1.807, 2.05) is 14.2 Å². The van der Waals surface area contributed by atoms with Gasteiger partial charge in [-0.25, -0.2) is 0 Å². The van der Waals surface area contributed by atoms with Crippen LogP contribution in [0, 0.1) is 35.5 Å². The van der Waals surface area contributed by atoms with Crippen molar-refractivity contribution in [3.05, 3.63) is 146 Å². The summed E-state index contributed by atoms with van der Waals surface area (Å²) >= 11 is 0. The minimum absolute atomic E-state index is 0.0789. The monoisotopic (exact) mass is 890 g/mol. The molecule has 0 spiro atoms. The fourth-order valence-corrected chi connectivity index (χ4v) is 15.6. The van der Waals surface area contributed by atoms with Crippen molar-refractivity contribution in [2.24, 2.45) is 35.5 Å². The van der Waals surface area contributed by atoms with Gasteiger partial charge in [-0.2, -0.15) is 0 Å². The lowest BCUT2D eigenvalue weighted by Crippen LogP contribution is -2.38. The number of methoxy groups -OCH3 is 2. The molecule has 2 aliphatic rings. The van der Waals surface area contributed by atoms with Gasteiger partial charge in [0.05, 0.1) is 14.2 Å². The Bertz CT molecular complexity index is 2160. The molecule has 6 heteroatoms. The minimum Gasteiger partial charge on any atom is -0.496 e. The molecule has 6 aromatic carbocycles. The molecular formula is C58H68O4P2. The Hall–Kier alpha value is -4.62. The molecule has 2 saturated carbocycles. The van der Waals surface area contributed by atoms with Gasteiger partial charge in [0.25, 0.3) is 0 Å². The largest absolute Gasteiger partial charge is 0.496 e. The molecule has 0 amide bonds. The summed E-state index contributed by atoms with van der Waals surface area (Å²) in [4.78, 5) is 0. The molecule has 334 valence electrons. The molecule has 0 aromatic heterocycles. The van der Waals surface area contributed by atoms with Crippen LogP contribution >= 0.6 is 15.8 Å². The SMILES string of the molecule is COc1ccc(O[C@@H]2C[C@H](C)CC[C@H]2C(C)C)c(P(c2ccccc2)c2ccccc2)c1-c1c(OC)ccc(O[C@@H]2C[C@H](C)CC[C@H]2C(C)C)c1P(c1ccccc1)c1ccccc1. The van der Waals surface area contributed by atoms with E-state index in [0.29, 0.717) is 35.5 Å². The maximum Gasteiger partial charge on any atom is 0.128 e. The highest BCUT2D eigenvalue weighted by molar-refractivity contribution is 7.81. The fourth-order valence-electron chi connectivity index (χ4n) is 10.5. The molecule has 0 N–H and O–H groups in total. The third kappa shape index (κ3) is 9.95. The molecule has 6 atom stereocenters. The van der Waals surface area contributed by atoms with Gasteiger partial charge in [0.15, 0.2) is 0 Å². The smallest absolute Gasteiger partial charge is 0.128 e. The van der Waals surface area contributed by atoms with Gasteiger partial charge >= 0.3 is 0 Å². The molecule has 0 unspecified atom stereocenters. The van der Waals surface area contributed by atoms with Crippen molar-refractivity contribution in [2.45, 2.75) is 92.3 Å². The Morgan fingerprint density at radius 2 is 0.703 bits per heavy atom. The Morgan fingerprint density at radius 1 is 0.406 bits per heavy atom. The van der Waals surface area contributed by atoms with E-state index in [9.17, 15) is 0 Å². The topological polar surface area (TPSA) is 36.9 Å². The van der Waals surface area contributed by atoms with Crippen LogP contribution in [-0.2, 0) is 0 Å². The molecule has 2 fully saturated rings. The van der Waals surface area contributed by atoms with Gasteiger partial charge in [-0.05, 0) is 123 Å². The van der Waals surface area contributed by atoms with Crippen LogP contribution < -0.4 is 50.8 Å². The molecule has 0 radical (unpaired) electrons. The highest BCUT2D eigenvalue weighted by Crippen LogP contribution is 2.52. The summed E-state index contributed by atoms with van der Waals surface area (Å²) in [5, 5.41) is 7.28. The van der Waals surface area contributed by atoms with E-state index in [4.69, 9.17) is 18.9 Å². The van der Waals surface area contributed by atoms with Crippen molar-refractivity contribution in [1.29, 1.82) is 0 Å². The normalized spacial score (nSPS) is 21.3. The second-order valence-corrected chi connectivity index (χ2v) is 23.3. The second-order valence-electron chi connectivity index (χ2n) is 19.0. The van der Waals surface area contributed by atoms with Crippen molar-refractivity contribution in [2.75, 3.05) is 14.2 Å². The number of rotatable bonds is 15. The first kappa shape index (κ1) is 45.9. The van der Waals surface area contributed by atoms with E-state index in [0.717, 1.165) is 57.6 Å². The zero-order valence-corrected chi connectivity index (χ0v) is 41.0. The van der Waals surface area contributed by atoms with Gasteiger partial charge in [-0.15, -0.1) is 0 Å². The highest BCUT2D eigenvalue weighted by Gasteiger charge is 2.39. The van der Waals surface area contributed by atoms with Crippen LogP contribution in [0.4, 0.5) is 0 Å². The zero-order chi connectivity index (χ0) is 44.7. The molecular weight excluding hydrogens is 823 g/mol. The van der Waals surface area contributed by atoms with Crippen LogP contribution in [0.3, 0.4) is 0 Å². The Kier molecular flexibility index (Phi) is 15.2. The van der Waals surface area contributed by atoms with Crippen LogP contribution in [0.5, 0.6) is 23.0 Å². The lowest BCUT2D eigenvalue weighted by atomic mass is 9.75. The van der Waals surface area contributed by atoms with Gasteiger partial charge in [0.1, 0.15) is 35.2 Å². The quantitative estimate of drug-likeness (QED) is 0.0963. The maximum atomic E-state index is 7.66. The molecule has 0 heterocycles. The number of ether oxygens (including phenoxy) is 4. The third-order valence-corrected chi connectivity index (χ3v) is 18.9. The Balaban J connectivity index is 1.51. The predicted octanol–water partition coefficient (Wildman–Crippen LogP) is 12.6. The summed E-state index contributed by atoms with van der Waals surface area (Å²) < 4.78 is 28.6. The first-order chi connectivity index (χ1) is 31.2. The lowest BCUT2D eigenvalue weighted by Gasteiger charge is -2.39. The maximum absolute atomic E-state index is 7.66. The molecule has 0 saturated heterocycles. The van der Waals surface area contributed by atoms with Gasteiger partial charge in [-0.1, -0.05) is 176 Å². The van der Waals surface area contributed by atoms with Gasteiger partial charge < -0.3 is 18.9 Å². The van der Waals surface area contributed by atoms with Crippen LogP contribution in [0.15, 0.2) is 146 Å². The number of hydrogen-bond acceptors (Lipinski definition) is 4. The standard InChI is InChI=1S/C58H68O4P2/c1-39(2)47-31-29-41(5)37-53(47)61-51-35-33-49(59-7)55(57(51)63(43-21-13-9-14-22-43)44-23-15-10-16-24-44)56-50(60-8)34-36-52(62-54-38-42(6)30-32-48(54)40(3)4)58(56)64(45-25-17-11-18-26-45)46-27-19-12-20-28-46/h9-28,33-36,39-42,47-48,53-54H,29-32,37-38H2,1-8H3/t41-,42-,47+,48+,53-,54-/m1/s1. The summed E-state index contributed by atoms with van der Waals surface area (Å²) in [6, 6.07) is 52.9. The molecule has 8 rings (SSSR count). The van der Waals surface area contributed by atoms with Gasteiger partial charge in [0, 0.05) is 21.7 Å². The minimum atomic E-state index is -1.20. The molecule has 64 heavy (non-hydrogen) atoms. The van der Waals surface area contributed by atoms with Gasteiger partial charge in [0.2, 0.25) is 0 Å². The summed E-state index contributed by atoms with van der Waals surface area (Å²) in [7, 11) is 1.23. The summed E-state index contributed by atoms with van der Waals surface area (Å²) in [5.74, 6) is 6.50. The van der Waals surface area contributed by atoms with Crippen molar-refractivity contribution < 1.29 is 18.9 Å². The fraction of sp³-hybridized carbons (Fsp3) is 0.379. The molecule has 0 aliphatic heterocycles. The average molecular weight is 891 g/mol. The van der Waals surface area contributed by atoms with E-state index in [1.54, 1.807) is 0 Å². The molecule has 4 nitrogen and oxygen atoms in total. The van der Waals surface area contributed by atoms with Crippen molar-refractivity contribution in [1.82, 2.24) is 0 Å². The second kappa shape index (κ2) is 21.1. The molecule has 2 aliphatic carbocycles. The Labute approximate surface area is 386 Å². The predicted molar refractivity (Wildman–Crippen MR) is 274 cm³/mol. The van der Waals surface area contributed by atoms with Crippen LogP contribution in [0.1, 0.15) is 80.1 Å². The van der Waals surface area contributed by atoms with E-state index < -0.39 is 15.8 Å². The van der Waals surface area contributed by atoms with Gasteiger partial charge in [-0.3, -0.25) is 0 Å². The van der Waals surface area contributed by atoms with E-state index in [-0.39, 0.29) is 12.2 Å². The van der Waals surface area contributed by atoms with E-state index in [1.165, 1.54) is 46.9 Å².